The number of carbonyl (C=O) groups excluding carboxylic acids is 1. The van der Waals surface area contributed by atoms with E-state index in [9.17, 15) is 27.9 Å². The SMILES string of the molecule is COc1ccc(C2/C(=C/c3ccccc3)N(C(=O)O)/C(=N\C(=O)c3cccc(C(F)(F)F)c3)N2C)cc1. The fraction of sp³-hybridized carbons (Fsp3) is 0.148. The molecule has 1 atom stereocenters. The van der Waals surface area contributed by atoms with Gasteiger partial charge in [0.2, 0.25) is 5.96 Å². The Morgan fingerprint density at radius 1 is 1.00 bits per heavy atom. The van der Waals surface area contributed by atoms with Gasteiger partial charge in [0.05, 0.1) is 24.4 Å². The zero-order valence-electron chi connectivity index (χ0n) is 19.8. The first kappa shape index (κ1) is 25.5. The zero-order valence-corrected chi connectivity index (χ0v) is 19.8. The summed E-state index contributed by atoms with van der Waals surface area (Å²) < 4.78 is 44.7. The third kappa shape index (κ3) is 5.32. The Morgan fingerprint density at radius 2 is 1.68 bits per heavy atom. The summed E-state index contributed by atoms with van der Waals surface area (Å²) in [6.07, 6.45) is -4.39. The van der Waals surface area contributed by atoms with Gasteiger partial charge in [-0.1, -0.05) is 48.5 Å². The molecule has 0 radical (unpaired) electrons. The lowest BCUT2D eigenvalue weighted by atomic mass is 10.0. The molecule has 1 N–H and O–H groups in total. The molecule has 3 aromatic rings. The van der Waals surface area contributed by atoms with Crippen molar-refractivity contribution < 1.29 is 32.6 Å². The molecular weight excluding hydrogens is 487 g/mol. The molecule has 1 fully saturated rings. The molecule has 1 heterocycles. The van der Waals surface area contributed by atoms with Gasteiger partial charge in [-0.2, -0.15) is 18.2 Å². The number of ether oxygens (including phenoxy) is 1. The second-order valence-corrected chi connectivity index (χ2v) is 8.18. The minimum Gasteiger partial charge on any atom is -0.497 e. The Kier molecular flexibility index (Phi) is 7.01. The number of methoxy groups -OCH3 is 1. The number of guanidine groups is 1. The quantitative estimate of drug-likeness (QED) is 0.472. The molecule has 1 aliphatic rings. The van der Waals surface area contributed by atoms with Crippen LogP contribution in [0.15, 0.2) is 89.6 Å². The Morgan fingerprint density at radius 3 is 2.27 bits per heavy atom. The van der Waals surface area contributed by atoms with Gasteiger partial charge in [-0.25, -0.2) is 9.69 Å². The number of likely N-dealkylation sites (N-methyl/N-ethyl adjacent to an activating group) is 1. The molecule has 10 heteroatoms. The van der Waals surface area contributed by atoms with Gasteiger partial charge in [-0.15, -0.1) is 0 Å². The van der Waals surface area contributed by atoms with Crippen LogP contribution in [-0.4, -0.2) is 47.0 Å². The Bertz CT molecular complexity index is 1370. The maximum Gasteiger partial charge on any atom is 0.418 e. The molecule has 1 unspecified atom stereocenters. The van der Waals surface area contributed by atoms with Gasteiger partial charge in [0.25, 0.3) is 5.91 Å². The van der Waals surface area contributed by atoms with E-state index in [-0.39, 0.29) is 11.5 Å². The van der Waals surface area contributed by atoms with Crippen LogP contribution in [-0.2, 0) is 6.18 Å². The standard InChI is InChI=1S/C27H22F3N3O4/c1-32-23(18-11-13-21(37-2)14-12-18)22(15-17-7-4-3-5-8-17)33(26(35)36)25(32)31-24(34)19-9-6-10-20(16-19)27(28,29)30/h3-16,23H,1-2H3,(H,35,36)/b22-15-,31-25-. The predicted molar refractivity (Wildman–Crippen MR) is 131 cm³/mol. The van der Waals surface area contributed by atoms with Crippen LogP contribution in [0.3, 0.4) is 0 Å². The lowest BCUT2D eigenvalue weighted by Crippen LogP contribution is -2.35. The smallest absolute Gasteiger partial charge is 0.418 e. The van der Waals surface area contributed by atoms with Crippen molar-refractivity contribution in [1.29, 1.82) is 0 Å². The van der Waals surface area contributed by atoms with Crippen molar-refractivity contribution in [1.82, 2.24) is 9.80 Å². The van der Waals surface area contributed by atoms with E-state index in [1.54, 1.807) is 61.7 Å². The highest BCUT2D eigenvalue weighted by atomic mass is 19.4. The Labute approximate surface area is 210 Å². The van der Waals surface area contributed by atoms with Crippen LogP contribution < -0.4 is 4.74 Å². The first-order valence-corrected chi connectivity index (χ1v) is 11.1. The summed E-state index contributed by atoms with van der Waals surface area (Å²) in [4.78, 5) is 31.7. The van der Waals surface area contributed by atoms with E-state index in [4.69, 9.17) is 4.74 Å². The molecule has 3 aromatic carbocycles. The molecule has 0 saturated carbocycles. The van der Waals surface area contributed by atoms with Crippen molar-refractivity contribution in [2.45, 2.75) is 12.2 Å². The minimum absolute atomic E-state index is 0.238. The van der Waals surface area contributed by atoms with Gasteiger partial charge in [-0.05, 0) is 47.5 Å². The fourth-order valence-corrected chi connectivity index (χ4v) is 4.06. The van der Waals surface area contributed by atoms with Gasteiger partial charge < -0.3 is 14.7 Å². The van der Waals surface area contributed by atoms with E-state index in [1.807, 2.05) is 6.07 Å². The molecule has 190 valence electrons. The summed E-state index contributed by atoms with van der Waals surface area (Å²) in [6, 6.07) is 19.1. The molecule has 1 aliphatic heterocycles. The van der Waals surface area contributed by atoms with Crippen LogP contribution in [0.4, 0.5) is 18.0 Å². The second-order valence-electron chi connectivity index (χ2n) is 8.18. The molecule has 1 saturated heterocycles. The number of rotatable bonds is 4. The number of hydrogen-bond donors (Lipinski definition) is 1. The van der Waals surface area contributed by atoms with E-state index in [0.717, 1.165) is 17.0 Å². The van der Waals surface area contributed by atoms with Gasteiger partial charge >= 0.3 is 12.3 Å². The third-order valence-corrected chi connectivity index (χ3v) is 5.82. The molecular formula is C27H22F3N3O4. The summed E-state index contributed by atoms with van der Waals surface area (Å²) in [6.45, 7) is 0. The number of benzene rings is 3. The van der Waals surface area contributed by atoms with E-state index in [0.29, 0.717) is 28.6 Å². The fourth-order valence-electron chi connectivity index (χ4n) is 4.06. The highest BCUT2D eigenvalue weighted by Crippen LogP contribution is 2.39. The number of carboxylic acid groups (broad SMARTS) is 1. The van der Waals surface area contributed by atoms with Crippen molar-refractivity contribution in [3.8, 4) is 5.75 Å². The molecule has 4 rings (SSSR count). The first-order chi connectivity index (χ1) is 17.6. The lowest BCUT2D eigenvalue weighted by Gasteiger charge is -2.21. The van der Waals surface area contributed by atoms with E-state index in [1.165, 1.54) is 18.1 Å². The minimum atomic E-state index is -4.65. The summed E-state index contributed by atoms with van der Waals surface area (Å²) in [5, 5.41) is 10.1. The van der Waals surface area contributed by atoms with Crippen LogP contribution >= 0.6 is 0 Å². The number of halogens is 3. The Balaban J connectivity index is 1.84. The van der Waals surface area contributed by atoms with Crippen LogP contribution in [0.2, 0.25) is 0 Å². The highest BCUT2D eigenvalue weighted by molar-refractivity contribution is 6.08. The third-order valence-electron chi connectivity index (χ3n) is 5.82. The molecule has 37 heavy (non-hydrogen) atoms. The number of aliphatic imine (C=N–C) groups is 1. The first-order valence-electron chi connectivity index (χ1n) is 11.1. The van der Waals surface area contributed by atoms with Crippen molar-refractivity contribution >= 4 is 24.0 Å². The van der Waals surface area contributed by atoms with Gasteiger partial charge in [0, 0.05) is 12.6 Å². The number of hydrogen-bond acceptors (Lipinski definition) is 3. The summed E-state index contributed by atoms with van der Waals surface area (Å²) in [5.41, 5.74) is 0.369. The van der Waals surface area contributed by atoms with Crippen LogP contribution in [0, 0.1) is 0 Å². The van der Waals surface area contributed by atoms with Crippen LogP contribution in [0.5, 0.6) is 5.75 Å². The second kappa shape index (κ2) is 10.2. The molecule has 7 nitrogen and oxygen atoms in total. The topological polar surface area (TPSA) is 82.4 Å². The van der Waals surface area contributed by atoms with Gasteiger partial charge in [-0.3, -0.25) is 4.79 Å². The van der Waals surface area contributed by atoms with Crippen LogP contribution in [0.1, 0.15) is 33.1 Å². The van der Waals surface area contributed by atoms with Crippen molar-refractivity contribution in [2.75, 3.05) is 14.2 Å². The van der Waals surface area contributed by atoms with E-state index < -0.39 is 29.8 Å². The summed E-state index contributed by atoms with van der Waals surface area (Å²) >= 11 is 0. The molecule has 0 spiro atoms. The molecule has 2 amide bonds. The normalized spacial score (nSPS) is 17.9. The number of carbonyl (C=O) groups is 2. The lowest BCUT2D eigenvalue weighted by molar-refractivity contribution is -0.137. The van der Waals surface area contributed by atoms with Crippen molar-refractivity contribution in [3.05, 3.63) is 107 Å². The van der Waals surface area contributed by atoms with E-state index >= 15 is 0 Å². The average molecular weight is 509 g/mol. The van der Waals surface area contributed by atoms with Gasteiger partial charge in [0.15, 0.2) is 0 Å². The van der Waals surface area contributed by atoms with E-state index in [2.05, 4.69) is 4.99 Å². The zero-order chi connectivity index (χ0) is 26.7. The molecule has 0 aliphatic carbocycles. The summed E-state index contributed by atoms with van der Waals surface area (Å²) in [7, 11) is 3.09. The number of alkyl halides is 3. The maximum absolute atomic E-state index is 13.2. The largest absolute Gasteiger partial charge is 0.497 e. The monoisotopic (exact) mass is 509 g/mol. The molecule has 0 aromatic heterocycles. The summed E-state index contributed by atoms with van der Waals surface area (Å²) in [5.74, 6) is -0.645. The average Bonchev–Trinajstić information content (AvgIpc) is 3.14. The highest BCUT2D eigenvalue weighted by Gasteiger charge is 2.43. The van der Waals surface area contributed by atoms with Crippen LogP contribution in [0.25, 0.3) is 6.08 Å². The predicted octanol–water partition coefficient (Wildman–Crippen LogP) is 5.92. The van der Waals surface area contributed by atoms with Crippen molar-refractivity contribution in [2.24, 2.45) is 4.99 Å². The van der Waals surface area contributed by atoms with Gasteiger partial charge in [0.1, 0.15) is 5.75 Å². The number of nitrogens with zero attached hydrogens (tertiary/aromatic N) is 3. The number of amides is 2. The maximum atomic E-state index is 13.2. The van der Waals surface area contributed by atoms with Crippen molar-refractivity contribution in [3.63, 3.8) is 0 Å². The Hall–Kier alpha value is -4.60. The molecule has 0 bridgehead atoms.